The predicted molar refractivity (Wildman–Crippen MR) is 115 cm³/mol. The first kappa shape index (κ1) is 20.5. The van der Waals surface area contributed by atoms with Crippen LogP contribution in [0.1, 0.15) is 30.0 Å². The summed E-state index contributed by atoms with van der Waals surface area (Å²) < 4.78 is 7.13. The molecular weight excluding hydrogens is 392 g/mol. The first-order valence-electron chi connectivity index (χ1n) is 10.3. The number of rotatable bonds is 9. The summed E-state index contributed by atoms with van der Waals surface area (Å²) in [5, 5.41) is 11.5. The van der Waals surface area contributed by atoms with Gasteiger partial charge in [-0.05, 0) is 49.6 Å². The monoisotopic (exact) mass is 416 g/mol. The van der Waals surface area contributed by atoms with E-state index < -0.39 is 0 Å². The van der Waals surface area contributed by atoms with E-state index >= 15 is 0 Å². The minimum Gasteiger partial charge on any atom is -0.356 e. The molecule has 0 bridgehead atoms. The van der Waals surface area contributed by atoms with E-state index in [0.717, 1.165) is 29.8 Å². The van der Waals surface area contributed by atoms with Gasteiger partial charge in [0.05, 0.1) is 11.4 Å². The summed E-state index contributed by atoms with van der Waals surface area (Å²) in [6, 6.07) is 13.7. The third-order valence-electron chi connectivity index (χ3n) is 4.94. The number of pyridine rings is 1. The molecule has 0 fully saturated rings. The van der Waals surface area contributed by atoms with E-state index in [0.29, 0.717) is 31.1 Å². The zero-order valence-corrected chi connectivity index (χ0v) is 17.4. The molecule has 1 N–H and O–H groups in total. The van der Waals surface area contributed by atoms with Gasteiger partial charge < -0.3 is 9.84 Å². The number of nitrogens with one attached hydrogen (secondary N) is 1. The van der Waals surface area contributed by atoms with E-state index in [2.05, 4.69) is 31.7 Å². The number of hydrogen-bond acceptors (Lipinski definition) is 6. The highest BCUT2D eigenvalue weighted by molar-refractivity contribution is 5.76. The van der Waals surface area contributed by atoms with Crippen molar-refractivity contribution in [3.05, 3.63) is 78.2 Å². The summed E-state index contributed by atoms with van der Waals surface area (Å²) in [7, 11) is 0. The van der Waals surface area contributed by atoms with E-state index in [-0.39, 0.29) is 5.91 Å². The van der Waals surface area contributed by atoms with E-state index in [1.807, 2.05) is 54.1 Å². The van der Waals surface area contributed by atoms with Crippen molar-refractivity contribution in [3.63, 3.8) is 0 Å². The van der Waals surface area contributed by atoms with Crippen LogP contribution in [0, 0.1) is 6.92 Å². The maximum atomic E-state index is 12.1. The van der Waals surface area contributed by atoms with Crippen LogP contribution in [0.3, 0.4) is 0 Å². The highest BCUT2D eigenvalue weighted by atomic mass is 16.5. The van der Waals surface area contributed by atoms with Gasteiger partial charge >= 0.3 is 0 Å². The smallest absolute Gasteiger partial charge is 0.227 e. The molecule has 0 atom stereocenters. The van der Waals surface area contributed by atoms with Gasteiger partial charge in [-0.2, -0.15) is 10.1 Å². The molecule has 0 aliphatic heterocycles. The first-order chi connectivity index (χ1) is 15.2. The topological polar surface area (TPSA) is 98.7 Å². The SMILES string of the molecule is Cc1nn(-c2ccccc2)cc1CCCNC(=O)CCc1nc(-c2ccncc2)no1. The number of hydrogen-bond donors (Lipinski definition) is 1. The van der Waals surface area contributed by atoms with Gasteiger partial charge in [0, 0.05) is 43.5 Å². The molecule has 1 amide bonds. The minimum absolute atomic E-state index is 0.0274. The fourth-order valence-electron chi connectivity index (χ4n) is 3.24. The summed E-state index contributed by atoms with van der Waals surface area (Å²) >= 11 is 0. The Balaban J connectivity index is 1.19. The lowest BCUT2D eigenvalue weighted by atomic mass is 10.1. The second-order valence-electron chi connectivity index (χ2n) is 7.22. The molecule has 3 aromatic heterocycles. The largest absolute Gasteiger partial charge is 0.356 e. The van der Waals surface area contributed by atoms with Gasteiger partial charge in [0.2, 0.25) is 17.6 Å². The van der Waals surface area contributed by atoms with Crippen molar-refractivity contribution in [2.24, 2.45) is 0 Å². The number of para-hydroxylation sites is 1. The van der Waals surface area contributed by atoms with Gasteiger partial charge in [0.25, 0.3) is 0 Å². The van der Waals surface area contributed by atoms with Crippen LogP contribution in [-0.2, 0) is 17.6 Å². The maximum Gasteiger partial charge on any atom is 0.227 e. The molecule has 0 aliphatic carbocycles. The normalized spacial score (nSPS) is 10.9. The average Bonchev–Trinajstić information content (AvgIpc) is 3.43. The Kier molecular flexibility index (Phi) is 6.47. The molecule has 1 aromatic carbocycles. The molecular formula is C23H24N6O2. The van der Waals surface area contributed by atoms with Crippen molar-refractivity contribution in [3.8, 4) is 17.1 Å². The number of carbonyl (C=O) groups is 1. The van der Waals surface area contributed by atoms with Crippen LogP contribution < -0.4 is 5.32 Å². The van der Waals surface area contributed by atoms with Gasteiger partial charge in [-0.25, -0.2) is 4.68 Å². The summed E-state index contributed by atoms with van der Waals surface area (Å²) in [4.78, 5) is 20.4. The van der Waals surface area contributed by atoms with E-state index in [4.69, 9.17) is 4.52 Å². The van der Waals surface area contributed by atoms with Crippen LogP contribution in [0.2, 0.25) is 0 Å². The maximum absolute atomic E-state index is 12.1. The lowest BCUT2D eigenvalue weighted by molar-refractivity contribution is -0.121. The molecule has 0 saturated heterocycles. The molecule has 0 unspecified atom stereocenters. The van der Waals surface area contributed by atoms with E-state index in [1.165, 1.54) is 5.56 Å². The minimum atomic E-state index is -0.0274. The molecule has 8 heteroatoms. The third-order valence-corrected chi connectivity index (χ3v) is 4.94. The number of aryl methyl sites for hydroxylation is 3. The Hall–Kier alpha value is -3.81. The molecule has 4 rings (SSSR count). The Bertz CT molecular complexity index is 1120. The van der Waals surface area contributed by atoms with Gasteiger partial charge in [0.1, 0.15) is 0 Å². The van der Waals surface area contributed by atoms with E-state index in [1.54, 1.807) is 12.4 Å². The van der Waals surface area contributed by atoms with E-state index in [9.17, 15) is 4.79 Å². The van der Waals surface area contributed by atoms with Crippen LogP contribution >= 0.6 is 0 Å². The predicted octanol–water partition coefficient (Wildman–Crippen LogP) is 3.31. The molecule has 0 aliphatic rings. The zero-order valence-electron chi connectivity index (χ0n) is 17.4. The number of aromatic nitrogens is 5. The van der Waals surface area contributed by atoms with Gasteiger partial charge in [-0.15, -0.1) is 0 Å². The van der Waals surface area contributed by atoms with Gasteiger partial charge in [-0.1, -0.05) is 23.4 Å². The fourth-order valence-corrected chi connectivity index (χ4v) is 3.24. The Morgan fingerprint density at radius 3 is 2.71 bits per heavy atom. The molecule has 0 spiro atoms. The van der Waals surface area contributed by atoms with Crippen molar-refractivity contribution in [1.82, 2.24) is 30.2 Å². The standard InChI is InChI=1S/C23H24N6O2/c1-17-19(16-29(27-17)20-7-3-2-4-8-20)6-5-13-25-21(30)9-10-22-26-23(28-31-22)18-11-14-24-15-12-18/h2-4,7-8,11-12,14-16H,5-6,9-10,13H2,1H3,(H,25,30). The molecule has 158 valence electrons. The highest BCUT2D eigenvalue weighted by Crippen LogP contribution is 2.15. The first-order valence-corrected chi connectivity index (χ1v) is 10.3. The van der Waals surface area contributed by atoms with Crippen LogP contribution in [0.25, 0.3) is 17.1 Å². The third kappa shape index (κ3) is 5.42. The number of amides is 1. The Morgan fingerprint density at radius 2 is 1.90 bits per heavy atom. The lowest BCUT2D eigenvalue weighted by Crippen LogP contribution is -2.25. The van der Waals surface area contributed by atoms with Crippen LogP contribution in [0.5, 0.6) is 0 Å². The van der Waals surface area contributed by atoms with Crippen molar-refractivity contribution < 1.29 is 9.32 Å². The summed E-state index contributed by atoms with van der Waals surface area (Å²) in [6.07, 6.45) is 7.83. The Labute approximate surface area is 180 Å². The number of benzene rings is 1. The van der Waals surface area contributed by atoms with Crippen LogP contribution in [0.4, 0.5) is 0 Å². The van der Waals surface area contributed by atoms with Crippen LogP contribution in [0.15, 0.2) is 65.6 Å². The quantitative estimate of drug-likeness (QED) is 0.420. The average molecular weight is 416 g/mol. The van der Waals surface area contributed by atoms with Crippen molar-refractivity contribution in [1.29, 1.82) is 0 Å². The molecule has 31 heavy (non-hydrogen) atoms. The van der Waals surface area contributed by atoms with Gasteiger partial charge in [-0.3, -0.25) is 9.78 Å². The molecule has 4 aromatic rings. The molecule has 3 heterocycles. The van der Waals surface area contributed by atoms with Crippen molar-refractivity contribution >= 4 is 5.91 Å². The lowest BCUT2D eigenvalue weighted by Gasteiger charge is -2.04. The second kappa shape index (κ2) is 9.80. The summed E-state index contributed by atoms with van der Waals surface area (Å²) in [6.45, 7) is 2.62. The molecule has 0 saturated carbocycles. The number of carbonyl (C=O) groups excluding carboxylic acids is 1. The van der Waals surface area contributed by atoms with Crippen molar-refractivity contribution in [2.45, 2.75) is 32.6 Å². The summed E-state index contributed by atoms with van der Waals surface area (Å²) in [5.74, 6) is 0.926. The zero-order chi connectivity index (χ0) is 21.5. The summed E-state index contributed by atoms with van der Waals surface area (Å²) in [5.41, 5.74) is 4.07. The number of nitrogens with zero attached hydrogens (tertiary/aromatic N) is 5. The highest BCUT2D eigenvalue weighted by Gasteiger charge is 2.11. The fraction of sp³-hybridized carbons (Fsp3) is 0.261. The van der Waals surface area contributed by atoms with Gasteiger partial charge in [0.15, 0.2) is 0 Å². The van der Waals surface area contributed by atoms with Crippen LogP contribution in [-0.4, -0.2) is 37.4 Å². The molecule has 8 nitrogen and oxygen atoms in total. The van der Waals surface area contributed by atoms with Crippen molar-refractivity contribution in [2.75, 3.05) is 6.54 Å². The molecule has 0 radical (unpaired) electrons. The Morgan fingerprint density at radius 1 is 1.10 bits per heavy atom. The second-order valence-corrected chi connectivity index (χ2v) is 7.22.